The van der Waals surface area contributed by atoms with Gasteiger partial charge in [-0.15, -0.1) is 0 Å². The largest absolute Gasteiger partial charge is 0.494 e. The van der Waals surface area contributed by atoms with E-state index in [-0.39, 0.29) is 19.0 Å². The van der Waals surface area contributed by atoms with Crippen LogP contribution >= 0.6 is 0 Å². The van der Waals surface area contributed by atoms with E-state index in [2.05, 4.69) is 0 Å². The zero-order valence-corrected chi connectivity index (χ0v) is 9.27. The number of hydrogen-bond acceptors (Lipinski definition) is 4. The van der Waals surface area contributed by atoms with Gasteiger partial charge >= 0.3 is 0 Å². The van der Waals surface area contributed by atoms with E-state index in [0.717, 1.165) is 0 Å². The molecule has 1 N–H and O–H groups in total. The highest BCUT2D eigenvalue weighted by atomic mass is 19.1. The van der Waals surface area contributed by atoms with Crippen LogP contribution in [0.5, 0.6) is 11.5 Å². The number of ether oxygens (including phenoxy) is 3. The maximum absolute atomic E-state index is 13.0. The minimum Gasteiger partial charge on any atom is -0.494 e. The highest BCUT2D eigenvalue weighted by Gasteiger charge is 2.07. The lowest BCUT2D eigenvalue weighted by molar-refractivity contribution is 0.0325. The van der Waals surface area contributed by atoms with E-state index >= 15 is 0 Å². The fraction of sp³-hybridized carbons (Fsp3) is 0.455. The minimum atomic E-state index is -0.707. The molecule has 0 bridgehead atoms. The van der Waals surface area contributed by atoms with E-state index in [9.17, 15) is 9.50 Å². The Morgan fingerprint density at radius 2 is 2.06 bits per heavy atom. The number of halogens is 1. The van der Waals surface area contributed by atoms with Crippen molar-refractivity contribution < 1.29 is 23.7 Å². The Kier molecular flexibility index (Phi) is 5.01. The summed E-state index contributed by atoms with van der Waals surface area (Å²) in [6, 6.07) is 4.14. The van der Waals surface area contributed by atoms with E-state index in [0.29, 0.717) is 5.75 Å². The van der Waals surface area contributed by atoms with Crippen molar-refractivity contribution in [2.75, 3.05) is 27.4 Å². The van der Waals surface area contributed by atoms with Crippen molar-refractivity contribution >= 4 is 0 Å². The van der Waals surface area contributed by atoms with Gasteiger partial charge in [0.05, 0.1) is 13.7 Å². The second-order valence-electron chi connectivity index (χ2n) is 3.22. The number of aliphatic hydroxyl groups excluding tert-OH is 1. The van der Waals surface area contributed by atoms with Gasteiger partial charge < -0.3 is 19.3 Å². The molecule has 0 aromatic heterocycles. The van der Waals surface area contributed by atoms with Crippen molar-refractivity contribution in [2.24, 2.45) is 0 Å². The van der Waals surface area contributed by atoms with E-state index < -0.39 is 11.9 Å². The number of benzene rings is 1. The molecule has 16 heavy (non-hydrogen) atoms. The molecule has 1 atom stereocenters. The summed E-state index contributed by atoms with van der Waals surface area (Å²) in [6.07, 6.45) is -0.707. The molecule has 0 aliphatic carbocycles. The van der Waals surface area contributed by atoms with Gasteiger partial charge in [-0.25, -0.2) is 4.39 Å². The normalized spacial score (nSPS) is 12.2. The number of aliphatic hydroxyl groups is 1. The Hall–Kier alpha value is -1.33. The molecule has 0 radical (unpaired) electrons. The number of rotatable bonds is 6. The number of hydrogen-bond donors (Lipinski definition) is 1. The van der Waals surface area contributed by atoms with Crippen LogP contribution in [0.2, 0.25) is 0 Å². The van der Waals surface area contributed by atoms with Crippen LogP contribution in [0.25, 0.3) is 0 Å². The average molecular weight is 230 g/mol. The van der Waals surface area contributed by atoms with E-state index in [1.54, 1.807) is 0 Å². The van der Waals surface area contributed by atoms with Gasteiger partial charge in [-0.05, 0) is 12.1 Å². The Labute approximate surface area is 93.6 Å². The zero-order valence-electron chi connectivity index (χ0n) is 9.27. The molecule has 0 aliphatic rings. The standard InChI is InChI=1S/C11H15FO4/c1-14-6-8(13)7-16-9-3-4-10(12)11(5-9)15-2/h3-5,8,13H,6-7H2,1-2H3/t8-/m1/s1. The highest BCUT2D eigenvalue weighted by Crippen LogP contribution is 2.23. The van der Waals surface area contributed by atoms with Crippen LogP contribution in [0.1, 0.15) is 0 Å². The first kappa shape index (κ1) is 12.7. The van der Waals surface area contributed by atoms with Gasteiger partial charge in [0.1, 0.15) is 18.5 Å². The summed E-state index contributed by atoms with van der Waals surface area (Å²) in [7, 11) is 2.87. The SMILES string of the molecule is COC[C@@H](O)COc1ccc(F)c(OC)c1. The molecule has 0 fully saturated rings. The topological polar surface area (TPSA) is 47.9 Å². The van der Waals surface area contributed by atoms with Gasteiger partial charge in [0.25, 0.3) is 0 Å². The second-order valence-corrected chi connectivity index (χ2v) is 3.22. The monoisotopic (exact) mass is 230 g/mol. The summed E-state index contributed by atoms with van der Waals surface area (Å²) in [5, 5.41) is 9.34. The van der Waals surface area contributed by atoms with Gasteiger partial charge in [0, 0.05) is 13.2 Å². The molecule has 0 aliphatic heterocycles. The fourth-order valence-corrected chi connectivity index (χ4v) is 1.16. The first-order valence-electron chi connectivity index (χ1n) is 4.80. The molecular formula is C11H15FO4. The summed E-state index contributed by atoms with van der Waals surface area (Å²) in [5.41, 5.74) is 0. The van der Waals surface area contributed by atoms with Gasteiger partial charge in [0.15, 0.2) is 11.6 Å². The molecule has 0 heterocycles. The zero-order chi connectivity index (χ0) is 12.0. The van der Waals surface area contributed by atoms with Gasteiger partial charge in [-0.1, -0.05) is 0 Å². The smallest absolute Gasteiger partial charge is 0.165 e. The molecule has 0 unspecified atom stereocenters. The summed E-state index contributed by atoms with van der Waals surface area (Å²) in [6.45, 7) is 0.279. The van der Waals surface area contributed by atoms with E-state index in [4.69, 9.17) is 14.2 Å². The van der Waals surface area contributed by atoms with Crippen LogP contribution < -0.4 is 9.47 Å². The van der Waals surface area contributed by atoms with Crippen LogP contribution in [-0.2, 0) is 4.74 Å². The van der Waals surface area contributed by atoms with Crippen molar-refractivity contribution in [1.29, 1.82) is 0 Å². The lowest BCUT2D eigenvalue weighted by Crippen LogP contribution is -2.22. The van der Waals surface area contributed by atoms with Crippen molar-refractivity contribution in [1.82, 2.24) is 0 Å². The first-order valence-corrected chi connectivity index (χ1v) is 4.80. The number of methoxy groups -OCH3 is 2. The molecule has 1 aromatic carbocycles. The minimum absolute atomic E-state index is 0.0859. The molecule has 0 saturated heterocycles. The van der Waals surface area contributed by atoms with Gasteiger partial charge in [-0.2, -0.15) is 0 Å². The second kappa shape index (κ2) is 6.30. The maximum atomic E-state index is 13.0. The van der Waals surface area contributed by atoms with Crippen molar-refractivity contribution in [3.8, 4) is 11.5 Å². The van der Waals surface area contributed by atoms with Crippen molar-refractivity contribution in [3.63, 3.8) is 0 Å². The Morgan fingerprint density at radius 1 is 1.31 bits per heavy atom. The van der Waals surface area contributed by atoms with Crippen molar-refractivity contribution in [2.45, 2.75) is 6.10 Å². The third-order valence-corrected chi connectivity index (χ3v) is 1.92. The molecule has 1 rings (SSSR count). The maximum Gasteiger partial charge on any atom is 0.165 e. The van der Waals surface area contributed by atoms with Crippen LogP contribution in [0.15, 0.2) is 18.2 Å². The molecule has 5 heteroatoms. The lowest BCUT2D eigenvalue weighted by Gasteiger charge is -2.12. The highest BCUT2D eigenvalue weighted by molar-refractivity contribution is 5.34. The molecule has 0 saturated carbocycles. The lowest BCUT2D eigenvalue weighted by atomic mass is 10.3. The summed E-state index contributed by atoms with van der Waals surface area (Å²) >= 11 is 0. The summed E-state index contributed by atoms with van der Waals surface area (Å²) in [4.78, 5) is 0. The predicted octanol–water partition coefficient (Wildman–Crippen LogP) is 1.22. The summed E-state index contributed by atoms with van der Waals surface area (Å²) in [5.74, 6) is 0.0967. The molecular weight excluding hydrogens is 215 g/mol. The molecule has 1 aromatic rings. The predicted molar refractivity (Wildman–Crippen MR) is 56.3 cm³/mol. The Morgan fingerprint density at radius 3 is 2.69 bits per heavy atom. The van der Waals surface area contributed by atoms with Gasteiger partial charge in [0.2, 0.25) is 0 Å². The quantitative estimate of drug-likeness (QED) is 0.798. The molecule has 90 valence electrons. The molecule has 0 amide bonds. The third kappa shape index (κ3) is 3.67. The molecule has 4 nitrogen and oxygen atoms in total. The van der Waals surface area contributed by atoms with Crippen LogP contribution in [0.4, 0.5) is 4.39 Å². The Bertz CT molecular complexity index is 330. The Balaban J connectivity index is 2.54. The van der Waals surface area contributed by atoms with E-state index in [1.165, 1.54) is 32.4 Å². The first-order chi connectivity index (χ1) is 7.67. The van der Waals surface area contributed by atoms with Crippen LogP contribution in [-0.4, -0.2) is 38.6 Å². The van der Waals surface area contributed by atoms with Crippen LogP contribution in [0.3, 0.4) is 0 Å². The van der Waals surface area contributed by atoms with E-state index in [1.807, 2.05) is 0 Å². The van der Waals surface area contributed by atoms with Crippen LogP contribution in [0, 0.1) is 5.82 Å². The summed E-state index contributed by atoms with van der Waals surface area (Å²) < 4.78 is 27.8. The van der Waals surface area contributed by atoms with Gasteiger partial charge in [-0.3, -0.25) is 0 Å². The fourth-order valence-electron chi connectivity index (χ4n) is 1.16. The third-order valence-electron chi connectivity index (χ3n) is 1.92. The average Bonchev–Trinajstić information content (AvgIpc) is 2.28. The molecule has 0 spiro atoms. The van der Waals surface area contributed by atoms with Crippen molar-refractivity contribution in [3.05, 3.63) is 24.0 Å².